The summed E-state index contributed by atoms with van der Waals surface area (Å²) in [4.78, 5) is 0. The maximum atomic E-state index is 6.04. The molecule has 3 N–H and O–H groups in total. The fourth-order valence-electron chi connectivity index (χ4n) is 2.09. The smallest absolute Gasteiger partial charge is 0.111 e. The van der Waals surface area contributed by atoms with Crippen LogP contribution in [0.3, 0.4) is 0 Å². The van der Waals surface area contributed by atoms with Crippen molar-refractivity contribution in [3.8, 4) is 0 Å². The van der Waals surface area contributed by atoms with Crippen molar-refractivity contribution in [1.82, 2.24) is 5.32 Å². The molecular formula is C15H28N2O. The summed E-state index contributed by atoms with van der Waals surface area (Å²) in [7, 11) is 0. The van der Waals surface area contributed by atoms with Crippen LogP contribution in [0, 0.1) is 0 Å². The highest BCUT2D eigenvalue weighted by Gasteiger charge is 2.25. The molecule has 0 atom stereocenters. The van der Waals surface area contributed by atoms with Gasteiger partial charge in [0.05, 0.1) is 6.61 Å². The molecule has 0 aliphatic carbocycles. The van der Waals surface area contributed by atoms with Crippen LogP contribution in [0.2, 0.25) is 0 Å². The maximum absolute atomic E-state index is 6.04. The van der Waals surface area contributed by atoms with Crippen LogP contribution in [-0.4, -0.2) is 17.7 Å². The zero-order chi connectivity index (χ0) is 14.4. The van der Waals surface area contributed by atoms with Gasteiger partial charge in [0.2, 0.25) is 0 Å². The molecule has 0 aliphatic rings. The van der Waals surface area contributed by atoms with Gasteiger partial charge in [-0.2, -0.15) is 0 Å². The molecule has 0 unspecified atom stereocenters. The van der Waals surface area contributed by atoms with Gasteiger partial charge < -0.3 is 15.8 Å². The lowest BCUT2D eigenvalue weighted by Crippen LogP contribution is -2.47. The van der Waals surface area contributed by atoms with Crippen molar-refractivity contribution in [1.29, 1.82) is 0 Å². The summed E-state index contributed by atoms with van der Waals surface area (Å²) in [5, 5.41) is 3.39. The Labute approximate surface area is 112 Å². The van der Waals surface area contributed by atoms with E-state index in [9.17, 15) is 0 Å². The third kappa shape index (κ3) is 8.88. The predicted molar refractivity (Wildman–Crippen MR) is 79.1 cm³/mol. The summed E-state index contributed by atoms with van der Waals surface area (Å²) < 4.78 is 5.34. The lowest BCUT2D eigenvalue weighted by Gasteiger charge is -2.34. The topological polar surface area (TPSA) is 47.3 Å². The van der Waals surface area contributed by atoms with Gasteiger partial charge in [-0.3, -0.25) is 0 Å². The zero-order valence-corrected chi connectivity index (χ0v) is 12.3. The first kappa shape index (κ1) is 16.8. The van der Waals surface area contributed by atoms with E-state index in [4.69, 9.17) is 10.5 Å². The molecule has 0 aromatic carbocycles. The van der Waals surface area contributed by atoms with E-state index in [2.05, 4.69) is 38.9 Å². The van der Waals surface area contributed by atoms with Crippen molar-refractivity contribution in [3.63, 3.8) is 0 Å². The first-order valence-electron chi connectivity index (χ1n) is 6.25. The Morgan fingerprint density at radius 3 is 2.28 bits per heavy atom. The molecule has 0 bridgehead atoms. The summed E-state index contributed by atoms with van der Waals surface area (Å²) in [6.07, 6.45) is 3.19. The Kier molecular flexibility index (Phi) is 6.19. The van der Waals surface area contributed by atoms with E-state index in [1.165, 1.54) is 0 Å². The highest BCUT2D eigenvalue weighted by Crippen LogP contribution is 2.19. The van der Waals surface area contributed by atoms with Crippen molar-refractivity contribution in [2.24, 2.45) is 5.73 Å². The summed E-state index contributed by atoms with van der Waals surface area (Å²) in [6, 6.07) is 0. The highest BCUT2D eigenvalue weighted by atomic mass is 16.5. The Morgan fingerprint density at radius 2 is 1.83 bits per heavy atom. The average molecular weight is 252 g/mol. The fourth-order valence-corrected chi connectivity index (χ4v) is 2.09. The Bertz CT molecular complexity index is 311. The minimum atomic E-state index is -0.204. The summed E-state index contributed by atoms with van der Waals surface area (Å²) in [5.41, 5.74) is 6.70. The molecule has 0 rings (SSSR count). The van der Waals surface area contributed by atoms with Gasteiger partial charge in [0, 0.05) is 23.2 Å². The van der Waals surface area contributed by atoms with Gasteiger partial charge in [-0.05, 0) is 40.2 Å². The third-order valence-electron chi connectivity index (χ3n) is 2.33. The van der Waals surface area contributed by atoms with Crippen LogP contribution in [0.1, 0.15) is 40.5 Å². The normalized spacial score (nSPS) is 11.8. The molecule has 0 aliphatic heterocycles. The van der Waals surface area contributed by atoms with Crippen molar-refractivity contribution in [2.75, 3.05) is 6.61 Å². The summed E-state index contributed by atoms with van der Waals surface area (Å²) in [6.45, 7) is 20.1. The first-order valence-corrected chi connectivity index (χ1v) is 6.25. The van der Waals surface area contributed by atoms with Gasteiger partial charge >= 0.3 is 0 Å². The van der Waals surface area contributed by atoms with Gasteiger partial charge in [0.25, 0.3) is 0 Å². The quantitative estimate of drug-likeness (QED) is 0.489. The van der Waals surface area contributed by atoms with Crippen LogP contribution in [0.5, 0.6) is 0 Å². The second-order valence-electron chi connectivity index (χ2n) is 6.05. The second-order valence-corrected chi connectivity index (χ2v) is 6.05. The molecule has 0 saturated heterocycles. The minimum absolute atomic E-state index is 0.0786. The van der Waals surface area contributed by atoms with Crippen LogP contribution in [0.25, 0.3) is 0 Å². The molecular weight excluding hydrogens is 224 g/mol. The Balaban J connectivity index is 4.07. The van der Waals surface area contributed by atoms with Gasteiger partial charge in [-0.15, -0.1) is 0 Å². The molecule has 104 valence electrons. The van der Waals surface area contributed by atoms with E-state index in [1.807, 2.05) is 13.8 Å². The average Bonchev–Trinajstić information content (AvgIpc) is 2.12. The highest BCUT2D eigenvalue weighted by molar-refractivity contribution is 5.03. The number of allylic oxidation sites excluding steroid dienone is 1. The first-order chi connectivity index (χ1) is 8.06. The number of rotatable bonds is 9. The number of nitrogens with one attached hydrogen (secondary N) is 1. The largest absolute Gasteiger partial charge is 0.494 e. The predicted octanol–water partition coefficient (Wildman–Crippen LogP) is 3.10. The molecule has 0 heterocycles. The summed E-state index contributed by atoms with van der Waals surface area (Å²) >= 11 is 0. The second kappa shape index (κ2) is 6.64. The maximum Gasteiger partial charge on any atom is 0.111 e. The molecule has 0 saturated carbocycles. The summed E-state index contributed by atoms with van der Waals surface area (Å²) in [5.74, 6) is 0.588. The fraction of sp³-hybridized carbons (Fsp3) is 0.600. The van der Waals surface area contributed by atoms with Crippen LogP contribution < -0.4 is 11.1 Å². The van der Waals surface area contributed by atoms with Crippen LogP contribution in [0.4, 0.5) is 0 Å². The van der Waals surface area contributed by atoms with Crippen molar-refractivity contribution in [3.05, 3.63) is 37.3 Å². The van der Waals surface area contributed by atoms with Crippen LogP contribution in [-0.2, 0) is 4.74 Å². The van der Waals surface area contributed by atoms with E-state index >= 15 is 0 Å². The standard InChI is InChI=1S/C15H28N2O/c1-8-13(3)18-10-9-12(2)17-15(6,7)11-14(4,5)16/h8,17H,1-3,9-11,16H2,4-7H3. The number of ether oxygens (including phenoxy) is 1. The van der Waals surface area contributed by atoms with Gasteiger partial charge in [-0.25, -0.2) is 0 Å². The molecule has 0 aromatic rings. The molecule has 0 fully saturated rings. The van der Waals surface area contributed by atoms with Gasteiger partial charge in [0.15, 0.2) is 0 Å². The van der Waals surface area contributed by atoms with E-state index < -0.39 is 0 Å². The van der Waals surface area contributed by atoms with E-state index in [-0.39, 0.29) is 11.1 Å². The minimum Gasteiger partial charge on any atom is -0.494 e. The van der Waals surface area contributed by atoms with E-state index in [0.717, 1.165) is 18.5 Å². The van der Waals surface area contributed by atoms with Gasteiger partial charge in [0.1, 0.15) is 5.76 Å². The van der Waals surface area contributed by atoms with Crippen molar-refractivity contribution in [2.45, 2.75) is 51.6 Å². The monoisotopic (exact) mass is 252 g/mol. The van der Waals surface area contributed by atoms with Gasteiger partial charge in [-0.1, -0.05) is 19.7 Å². The van der Waals surface area contributed by atoms with Crippen LogP contribution >= 0.6 is 0 Å². The number of nitrogens with two attached hydrogens (primary N) is 1. The van der Waals surface area contributed by atoms with Crippen LogP contribution in [0.15, 0.2) is 37.3 Å². The SMILES string of the molecule is C=CC(=C)OCCC(=C)NC(C)(C)CC(C)(C)N. The molecule has 0 spiro atoms. The van der Waals surface area contributed by atoms with E-state index in [0.29, 0.717) is 12.4 Å². The molecule has 0 amide bonds. The van der Waals surface area contributed by atoms with Crippen molar-refractivity contribution < 1.29 is 4.74 Å². The Morgan fingerprint density at radius 1 is 1.28 bits per heavy atom. The molecule has 3 heteroatoms. The lowest BCUT2D eigenvalue weighted by molar-refractivity contribution is 0.223. The molecule has 0 radical (unpaired) electrons. The Hall–Kier alpha value is -1.22. The molecule has 3 nitrogen and oxygen atoms in total. The number of hydrogen-bond acceptors (Lipinski definition) is 3. The lowest BCUT2D eigenvalue weighted by atomic mass is 9.87. The third-order valence-corrected chi connectivity index (χ3v) is 2.33. The molecule has 0 aromatic heterocycles. The van der Waals surface area contributed by atoms with E-state index in [1.54, 1.807) is 6.08 Å². The number of hydrogen-bond donors (Lipinski definition) is 2. The molecule has 18 heavy (non-hydrogen) atoms. The zero-order valence-electron chi connectivity index (χ0n) is 12.3. The van der Waals surface area contributed by atoms with Crippen molar-refractivity contribution >= 4 is 0 Å².